The van der Waals surface area contributed by atoms with Crippen LogP contribution in [0.2, 0.25) is 0 Å². The molecule has 0 aliphatic heterocycles. The second-order valence-corrected chi connectivity index (χ2v) is 1.65. The van der Waals surface area contributed by atoms with Crippen molar-refractivity contribution in [1.29, 1.82) is 0 Å². The zero-order valence-corrected chi connectivity index (χ0v) is 5.65. The van der Waals surface area contributed by atoms with Crippen LogP contribution < -0.4 is 5.32 Å². The Morgan fingerprint density at radius 2 is 2.38 bits per heavy atom. The second kappa shape index (κ2) is 6.63. The molecule has 0 bridgehead atoms. The topological polar surface area (TPSA) is 24.4 Å². The minimum Gasteiger partial charge on any atom is -0.315 e. The lowest BCUT2D eigenvalue weighted by atomic mass is 10.5. The Morgan fingerprint density at radius 3 is 2.88 bits per heavy atom. The highest BCUT2D eigenvalue weighted by Crippen LogP contribution is 1.73. The van der Waals surface area contributed by atoms with Gasteiger partial charge < -0.3 is 5.32 Å². The summed E-state index contributed by atoms with van der Waals surface area (Å²) in [4.78, 5) is 4.09. The molecule has 2 heteroatoms. The van der Waals surface area contributed by atoms with Gasteiger partial charge in [-0.05, 0) is 13.5 Å². The standard InChI is InChI=1S/C6H14N2/c1-3-4-8-6-5-7-2/h6-7H,3-5H2,1-2H3/b8-6+. The van der Waals surface area contributed by atoms with Gasteiger partial charge in [0.15, 0.2) is 0 Å². The molecule has 0 atom stereocenters. The van der Waals surface area contributed by atoms with Gasteiger partial charge in [-0.15, -0.1) is 0 Å². The van der Waals surface area contributed by atoms with Crippen molar-refractivity contribution in [3.8, 4) is 0 Å². The van der Waals surface area contributed by atoms with Gasteiger partial charge in [0.05, 0.1) is 0 Å². The summed E-state index contributed by atoms with van der Waals surface area (Å²) in [5, 5.41) is 2.98. The Bertz CT molecular complexity index is 51.5. The fourth-order valence-corrected chi connectivity index (χ4v) is 0.376. The molecule has 0 fully saturated rings. The summed E-state index contributed by atoms with van der Waals surface area (Å²) < 4.78 is 0. The summed E-state index contributed by atoms with van der Waals surface area (Å²) in [6.45, 7) is 3.97. The van der Waals surface area contributed by atoms with E-state index in [0.717, 1.165) is 19.5 Å². The highest BCUT2D eigenvalue weighted by atomic mass is 14.8. The Morgan fingerprint density at radius 1 is 1.62 bits per heavy atom. The lowest BCUT2D eigenvalue weighted by Gasteiger charge is -1.86. The van der Waals surface area contributed by atoms with E-state index in [1.165, 1.54) is 0 Å². The number of aliphatic imine (C=N–C) groups is 1. The van der Waals surface area contributed by atoms with Crippen molar-refractivity contribution in [2.24, 2.45) is 4.99 Å². The molecule has 0 aromatic carbocycles. The van der Waals surface area contributed by atoms with Crippen LogP contribution in [0.25, 0.3) is 0 Å². The summed E-state index contributed by atoms with van der Waals surface area (Å²) >= 11 is 0. The molecule has 0 spiro atoms. The normalized spacial score (nSPS) is 10.8. The molecule has 0 aromatic rings. The summed E-state index contributed by atoms with van der Waals surface area (Å²) in [5.41, 5.74) is 0. The average molecular weight is 114 g/mol. The van der Waals surface area contributed by atoms with Crippen LogP contribution in [0.15, 0.2) is 4.99 Å². The molecule has 0 heterocycles. The Balaban J connectivity index is 2.83. The molecule has 0 unspecified atom stereocenters. The van der Waals surface area contributed by atoms with Gasteiger partial charge >= 0.3 is 0 Å². The lowest BCUT2D eigenvalue weighted by Crippen LogP contribution is -2.08. The van der Waals surface area contributed by atoms with Gasteiger partial charge in [0.2, 0.25) is 0 Å². The molecular formula is C6H14N2. The largest absolute Gasteiger partial charge is 0.315 e. The Labute approximate surface area is 51.0 Å². The predicted octanol–water partition coefficient (Wildman–Crippen LogP) is 0.687. The van der Waals surface area contributed by atoms with Crippen LogP contribution in [0.3, 0.4) is 0 Å². The van der Waals surface area contributed by atoms with Crippen LogP contribution >= 0.6 is 0 Å². The number of nitrogens with one attached hydrogen (secondary N) is 1. The van der Waals surface area contributed by atoms with Crippen LogP contribution in [-0.4, -0.2) is 26.4 Å². The molecule has 0 aromatic heterocycles. The van der Waals surface area contributed by atoms with Crippen molar-refractivity contribution in [3.05, 3.63) is 0 Å². The van der Waals surface area contributed by atoms with Crippen molar-refractivity contribution >= 4 is 6.21 Å². The van der Waals surface area contributed by atoms with Crippen LogP contribution in [0.4, 0.5) is 0 Å². The van der Waals surface area contributed by atoms with Crippen LogP contribution in [0.1, 0.15) is 13.3 Å². The fraction of sp³-hybridized carbons (Fsp3) is 0.833. The van der Waals surface area contributed by atoms with Crippen molar-refractivity contribution in [2.45, 2.75) is 13.3 Å². The van der Waals surface area contributed by atoms with E-state index in [-0.39, 0.29) is 0 Å². The molecule has 0 rings (SSSR count). The molecule has 2 nitrogen and oxygen atoms in total. The quantitative estimate of drug-likeness (QED) is 0.534. The van der Waals surface area contributed by atoms with Crippen molar-refractivity contribution < 1.29 is 0 Å². The zero-order chi connectivity index (χ0) is 6.24. The van der Waals surface area contributed by atoms with Crippen molar-refractivity contribution in [2.75, 3.05) is 20.1 Å². The van der Waals surface area contributed by atoms with Gasteiger partial charge in [-0.25, -0.2) is 0 Å². The Kier molecular flexibility index (Phi) is 6.32. The minimum absolute atomic E-state index is 0.889. The smallest absolute Gasteiger partial charge is 0.0383 e. The minimum atomic E-state index is 0.889. The first kappa shape index (κ1) is 7.63. The van der Waals surface area contributed by atoms with Crippen LogP contribution in [-0.2, 0) is 0 Å². The second-order valence-electron chi connectivity index (χ2n) is 1.65. The van der Waals surface area contributed by atoms with Crippen molar-refractivity contribution in [3.63, 3.8) is 0 Å². The van der Waals surface area contributed by atoms with Gasteiger partial charge in [-0.2, -0.15) is 0 Å². The molecule has 1 N–H and O–H groups in total. The lowest BCUT2D eigenvalue weighted by molar-refractivity contribution is 0.913. The number of hydrogen-bond acceptors (Lipinski definition) is 2. The molecule has 0 saturated carbocycles. The van der Waals surface area contributed by atoms with Gasteiger partial charge in [-0.3, -0.25) is 4.99 Å². The van der Waals surface area contributed by atoms with Crippen molar-refractivity contribution in [1.82, 2.24) is 5.32 Å². The third-order valence-corrected chi connectivity index (χ3v) is 0.777. The van der Waals surface area contributed by atoms with Gasteiger partial charge in [0.25, 0.3) is 0 Å². The first-order valence-corrected chi connectivity index (χ1v) is 3.04. The number of rotatable bonds is 4. The van der Waals surface area contributed by atoms with E-state index >= 15 is 0 Å². The van der Waals surface area contributed by atoms with Gasteiger partial charge in [0.1, 0.15) is 0 Å². The zero-order valence-electron chi connectivity index (χ0n) is 5.65. The highest BCUT2D eigenvalue weighted by molar-refractivity contribution is 5.59. The maximum Gasteiger partial charge on any atom is 0.0383 e. The first-order chi connectivity index (χ1) is 3.91. The molecule has 0 amide bonds. The highest BCUT2D eigenvalue weighted by Gasteiger charge is 1.71. The van der Waals surface area contributed by atoms with E-state index in [4.69, 9.17) is 0 Å². The fourth-order valence-electron chi connectivity index (χ4n) is 0.376. The van der Waals surface area contributed by atoms with E-state index < -0.39 is 0 Å². The van der Waals surface area contributed by atoms with E-state index in [9.17, 15) is 0 Å². The summed E-state index contributed by atoms with van der Waals surface area (Å²) in [6, 6.07) is 0. The maximum atomic E-state index is 4.09. The maximum absolute atomic E-state index is 4.09. The third-order valence-electron chi connectivity index (χ3n) is 0.777. The SMILES string of the molecule is CCC/N=C/CNC. The molecule has 0 aliphatic carbocycles. The number of hydrogen-bond donors (Lipinski definition) is 1. The Hall–Kier alpha value is -0.370. The molecule has 0 aliphatic rings. The average Bonchev–Trinajstić information content (AvgIpc) is 1.81. The van der Waals surface area contributed by atoms with Crippen LogP contribution in [0, 0.1) is 0 Å². The summed E-state index contributed by atoms with van der Waals surface area (Å²) in [6.07, 6.45) is 3.05. The van der Waals surface area contributed by atoms with E-state index in [0.29, 0.717) is 0 Å². The summed E-state index contributed by atoms with van der Waals surface area (Å²) in [5.74, 6) is 0. The van der Waals surface area contributed by atoms with E-state index in [1.54, 1.807) is 0 Å². The predicted molar refractivity (Wildman–Crippen MR) is 37.6 cm³/mol. The molecule has 0 radical (unpaired) electrons. The first-order valence-electron chi connectivity index (χ1n) is 3.04. The van der Waals surface area contributed by atoms with Gasteiger partial charge in [-0.1, -0.05) is 6.92 Å². The summed E-state index contributed by atoms with van der Waals surface area (Å²) in [7, 11) is 1.91. The third kappa shape index (κ3) is 5.63. The molecule has 8 heavy (non-hydrogen) atoms. The number of nitrogens with zero attached hydrogens (tertiary/aromatic N) is 1. The van der Waals surface area contributed by atoms with Crippen LogP contribution in [0.5, 0.6) is 0 Å². The molecular weight excluding hydrogens is 100 g/mol. The van der Waals surface area contributed by atoms with Gasteiger partial charge in [0, 0.05) is 19.3 Å². The van der Waals surface area contributed by atoms with E-state index in [2.05, 4.69) is 17.2 Å². The molecule has 0 saturated heterocycles. The monoisotopic (exact) mass is 114 g/mol. The molecule has 48 valence electrons. The van der Waals surface area contributed by atoms with E-state index in [1.807, 2.05) is 13.3 Å².